The van der Waals surface area contributed by atoms with Crippen LogP contribution in [-0.4, -0.2) is 43.2 Å². The average Bonchev–Trinajstić information content (AvgIpc) is 2.79. The monoisotopic (exact) mass is 443 g/mol. The average molecular weight is 444 g/mol. The summed E-state index contributed by atoms with van der Waals surface area (Å²) in [6, 6.07) is 14.2. The van der Waals surface area contributed by atoms with Gasteiger partial charge in [0.2, 0.25) is 6.41 Å². The number of likely N-dealkylation sites (tertiary alicyclic amines) is 1. The van der Waals surface area contributed by atoms with Crippen LogP contribution in [0.2, 0.25) is 5.02 Å². The highest BCUT2D eigenvalue weighted by Gasteiger charge is 2.41. The molecule has 3 rings (SSSR count). The smallest absolute Gasteiger partial charge is 0.209 e. The largest absolute Gasteiger partial charge is 0.385 e. The molecule has 4 nitrogen and oxygen atoms in total. The number of carbonyl (C=O) groups is 1. The molecule has 0 radical (unpaired) electrons. The van der Waals surface area contributed by atoms with E-state index in [0.29, 0.717) is 31.0 Å². The van der Waals surface area contributed by atoms with Gasteiger partial charge < -0.3 is 14.7 Å². The number of piperidine rings is 1. The minimum Gasteiger partial charge on any atom is -0.385 e. The van der Waals surface area contributed by atoms with Crippen LogP contribution in [0.1, 0.15) is 54.4 Å². The first-order chi connectivity index (χ1) is 15.0. The number of hydrogen-bond acceptors (Lipinski definition) is 3. The van der Waals surface area contributed by atoms with Gasteiger partial charge >= 0.3 is 0 Å². The maximum Gasteiger partial charge on any atom is 0.209 e. The lowest BCUT2D eigenvalue weighted by molar-refractivity contribution is -0.123. The highest BCUT2D eigenvalue weighted by atomic mass is 35.5. The van der Waals surface area contributed by atoms with E-state index in [1.54, 1.807) is 12.0 Å². The predicted molar refractivity (Wildman–Crippen MR) is 125 cm³/mol. The summed E-state index contributed by atoms with van der Waals surface area (Å²) >= 11 is 6.72. The maximum absolute atomic E-state index is 12.2. The first kappa shape index (κ1) is 23.8. The molecule has 2 aromatic rings. The third kappa shape index (κ3) is 5.68. The standard InChI is InChI=1S/C26H34ClNO3/c1-20-9-3-4-10-21(20)17-23-24(12-7-13-25(23)27)26(30,14-5-6-16-31-2)22-11-8-15-28(18-22)19-29/h3-4,7,9-10,12-13,19,22,30H,5-6,8,11,14-18H2,1-2H3/t22-,26+/m1/s1. The van der Waals surface area contributed by atoms with Gasteiger partial charge in [-0.1, -0.05) is 48.0 Å². The van der Waals surface area contributed by atoms with Crippen molar-refractivity contribution < 1.29 is 14.6 Å². The molecule has 1 aliphatic heterocycles. The Morgan fingerprint density at radius 3 is 2.77 bits per heavy atom. The number of nitrogens with zero attached hydrogens (tertiary/aromatic N) is 1. The van der Waals surface area contributed by atoms with Crippen molar-refractivity contribution in [2.45, 2.75) is 51.0 Å². The quantitative estimate of drug-likeness (QED) is 0.410. The van der Waals surface area contributed by atoms with Gasteiger partial charge in [-0.2, -0.15) is 0 Å². The van der Waals surface area contributed by atoms with E-state index in [4.69, 9.17) is 16.3 Å². The molecule has 2 atom stereocenters. The third-order valence-electron chi connectivity index (χ3n) is 6.65. The minimum absolute atomic E-state index is 0.0249. The van der Waals surface area contributed by atoms with E-state index < -0.39 is 5.60 Å². The zero-order valence-corrected chi connectivity index (χ0v) is 19.4. The van der Waals surface area contributed by atoms with Gasteiger partial charge in [0.05, 0.1) is 5.60 Å². The molecule has 0 saturated carbocycles. The Morgan fingerprint density at radius 2 is 2.03 bits per heavy atom. The third-order valence-corrected chi connectivity index (χ3v) is 7.00. The second-order valence-electron chi connectivity index (χ2n) is 8.68. The number of aryl methyl sites for hydroxylation is 1. The summed E-state index contributed by atoms with van der Waals surface area (Å²) in [5, 5.41) is 12.9. The molecule has 2 aromatic carbocycles. The predicted octanol–water partition coefficient (Wildman–Crippen LogP) is 5.11. The zero-order chi connectivity index (χ0) is 22.3. The van der Waals surface area contributed by atoms with Gasteiger partial charge in [0.1, 0.15) is 0 Å². The van der Waals surface area contributed by atoms with Gasteiger partial charge in [0.25, 0.3) is 0 Å². The number of ether oxygens (including phenoxy) is 1. The van der Waals surface area contributed by atoms with E-state index in [2.05, 4.69) is 19.1 Å². The summed E-state index contributed by atoms with van der Waals surface area (Å²) in [7, 11) is 1.70. The number of amides is 1. The fraction of sp³-hybridized carbons (Fsp3) is 0.500. The molecule has 1 fully saturated rings. The van der Waals surface area contributed by atoms with Gasteiger partial charge in [-0.05, 0) is 73.8 Å². The number of carbonyl (C=O) groups excluding carboxylic acids is 1. The van der Waals surface area contributed by atoms with Crippen molar-refractivity contribution >= 4 is 18.0 Å². The van der Waals surface area contributed by atoms with Gasteiger partial charge in [0.15, 0.2) is 0 Å². The fourth-order valence-electron chi connectivity index (χ4n) is 4.83. The van der Waals surface area contributed by atoms with Crippen LogP contribution in [0.25, 0.3) is 0 Å². The van der Waals surface area contributed by atoms with E-state index in [0.717, 1.165) is 49.8 Å². The van der Waals surface area contributed by atoms with E-state index in [1.807, 2.05) is 30.3 Å². The second kappa shape index (κ2) is 11.1. The van der Waals surface area contributed by atoms with Crippen molar-refractivity contribution in [3.63, 3.8) is 0 Å². The summed E-state index contributed by atoms with van der Waals surface area (Å²) in [6.45, 7) is 4.10. The van der Waals surface area contributed by atoms with Crippen molar-refractivity contribution in [3.05, 3.63) is 69.7 Å². The van der Waals surface area contributed by atoms with Crippen LogP contribution in [0.4, 0.5) is 0 Å². The van der Waals surface area contributed by atoms with Crippen molar-refractivity contribution in [2.75, 3.05) is 26.8 Å². The lowest BCUT2D eigenvalue weighted by atomic mass is 9.72. The van der Waals surface area contributed by atoms with E-state index >= 15 is 0 Å². The first-order valence-corrected chi connectivity index (χ1v) is 11.6. The minimum atomic E-state index is -1.04. The number of rotatable bonds is 10. The van der Waals surface area contributed by atoms with Crippen LogP contribution in [0, 0.1) is 12.8 Å². The molecule has 1 saturated heterocycles. The SMILES string of the molecule is COCCCC[C@@](O)(c1cccc(Cl)c1Cc1ccccc1C)[C@@H]1CCCN(C=O)C1. The van der Waals surface area contributed by atoms with Crippen LogP contribution >= 0.6 is 11.6 Å². The maximum atomic E-state index is 12.2. The van der Waals surface area contributed by atoms with Crippen LogP contribution < -0.4 is 0 Å². The van der Waals surface area contributed by atoms with Crippen LogP contribution in [0.5, 0.6) is 0 Å². The number of methoxy groups -OCH3 is 1. The molecule has 168 valence electrons. The highest BCUT2D eigenvalue weighted by molar-refractivity contribution is 6.31. The number of hydrogen-bond donors (Lipinski definition) is 1. The Labute approximate surface area is 191 Å². The number of aliphatic hydroxyl groups is 1. The Bertz CT molecular complexity index is 871. The number of benzene rings is 2. The summed E-state index contributed by atoms with van der Waals surface area (Å²) in [6.07, 6.45) is 5.72. The van der Waals surface area contributed by atoms with E-state index in [9.17, 15) is 9.90 Å². The summed E-state index contributed by atoms with van der Waals surface area (Å²) < 4.78 is 5.22. The van der Waals surface area contributed by atoms with Crippen LogP contribution in [0.3, 0.4) is 0 Å². The Hall–Kier alpha value is -1.88. The topological polar surface area (TPSA) is 49.8 Å². The second-order valence-corrected chi connectivity index (χ2v) is 9.09. The Balaban J connectivity index is 2.00. The summed E-state index contributed by atoms with van der Waals surface area (Å²) in [5.41, 5.74) is 3.26. The van der Waals surface area contributed by atoms with Crippen molar-refractivity contribution in [2.24, 2.45) is 5.92 Å². The molecule has 0 spiro atoms. The van der Waals surface area contributed by atoms with Gasteiger partial charge in [-0.15, -0.1) is 0 Å². The van der Waals surface area contributed by atoms with Crippen LogP contribution in [-0.2, 0) is 21.6 Å². The first-order valence-electron chi connectivity index (χ1n) is 11.2. The lowest BCUT2D eigenvalue weighted by Crippen LogP contribution is -2.46. The Morgan fingerprint density at radius 1 is 1.23 bits per heavy atom. The van der Waals surface area contributed by atoms with Crippen LogP contribution in [0.15, 0.2) is 42.5 Å². The van der Waals surface area contributed by atoms with E-state index in [-0.39, 0.29) is 5.92 Å². The number of unbranched alkanes of at least 4 members (excludes halogenated alkanes) is 1. The molecule has 1 heterocycles. The number of halogens is 1. The van der Waals surface area contributed by atoms with Crippen molar-refractivity contribution in [1.82, 2.24) is 4.90 Å². The van der Waals surface area contributed by atoms with Crippen molar-refractivity contribution in [1.29, 1.82) is 0 Å². The Kier molecular flexibility index (Phi) is 8.53. The normalized spacial score (nSPS) is 18.6. The fourth-order valence-corrected chi connectivity index (χ4v) is 5.08. The molecule has 5 heteroatoms. The van der Waals surface area contributed by atoms with E-state index in [1.165, 1.54) is 11.1 Å². The van der Waals surface area contributed by atoms with Gasteiger partial charge in [-0.3, -0.25) is 4.79 Å². The molecule has 1 amide bonds. The summed E-state index contributed by atoms with van der Waals surface area (Å²) in [5.74, 6) is -0.0249. The van der Waals surface area contributed by atoms with Gasteiger partial charge in [0, 0.05) is 37.7 Å². The molecule has 0 aromatic heterocycles. The zero-order valence-electron chi connectivity index (χ0n) is 18.6. The summed E-state index contributed by atoms with van der Waals surface area (Å²) in [4.78, 5) is 13.3. The van der Waals surface area contributed by atoms with Gasteiger partial charge in [-0.25, -0.2) is 0 Å². The molecule has 0 aliphatic carbocycles. The van der Waals surface area contributed by atoms with Crippen molar-refractivity contribution in [3.8, 4) is 0 Å². The molecule has 1 N–H and O–H groups in total. The molecular formula is C26H34ClNO3. The molecular weight excluding hydrogens is 410 g/mol. The molecule has 0 unspecified atom stereocenters. The highest BCUT2D eigenvalue weighted by Crippen LogP contribution is 2.43. The molecule has 1 aliphatic rings. The lowest BCUT2D eigenvalue weighted by Gasteiger charge is -2.43. The molecule has 31 heavy (non-hydrogen) atoms. The molecule has 0 bridgehead atoms.